The minimum atomic E-state index is -0.379. The molecule has 1 N–H and O–H groups in total. The first-order valence-corrected chi connectivity index (χ1v) is 13.8. The second-order valence-electron chi connectivity index (χ2n) is 8.25. The summed E-state index contributed by atoms with van der Waals surface area (Å²) in [4.78, 5) is 26.8. The highest BCUT2D eigenvalue weighted by atomic mass is 32.2. The third-order valence-corrected chi connectivity index (χ3v) is 8.08. The lowest BCUT2D eigenvalue weighted by atomic mass is 9.95. The number of carbonyl (C=O) groups excluding carboxylic acids is 2. The van der Waals surface area contributed by atoms with E-state index < -0.39 is 0 Å². The quantitative estimate of drug-likeness (QED) is 0.205. The van der Waals surface area contributed by atoms with E-state index in [0.717, 1.165) is 41.7 Å². The van der Waals surface area contributed by atoms with Gasteiger partial charge in [-0.25, -0.2) is 4.79 Å². The molecule has 0 atom stereocenters. The Morgan fingerprint density at radius 1 is 1.19 bits per heavy atom. The smallest absolute Gasteiger partial charge is 0.341 e. The Morgan fingerprint density at radius 3 is 2.70 bits per heavy atom. The summed E-state index contributed by atoms with van der Waals surface area (Å²) < 4.78 is 17.9. The van der Waals surface area contributed by atoms with Gasteiger partial charge in [0.1, 0.15) is 5.00 Å². The van der Waals surface area contributed by atoms with Crippen LogP contribution in [0.15, 0.2) is 36.0 Å². The normalized spacial score (nSPS) is 12.5. The Bertz CT molecular complexity index is 1300. The molecule has 0 radical (unpaired) electrons. The molecule has 0 bridgehead atoms. The highest BCUT2D eigenvalue weighted by Gasteiger charge is 2.27. The summed E-state index contributed by atoms with van der Waals surface area (Å²) in [6.45, 7) is 6.37. The van der Waals surface area contributed by atoms with Crippen LogP contribution in [0.3, 0.4) is 0 Å². The van der Waals surface area contributed by atoms with E-state index in [-0.39, 0.29) is 24.2 Å². The largest absolute Gasteiger partial charge is 0.493 e. The number of methoxy groups -OCH3 is 2. The number of thiophene rings is 1. The first-order chi connectivity index (χ1) is 18.0. The summed E-state index contributed by atoms with van der Waals surface area (Å²) in [5.74, 6) is 1.32. The van der Waals surface area contributed by atoms with Crippen LogP contribution in [0, 0.1) is 0 Å². The molecule has 196 valence electrons. The molecular formula is C26H30N4O5S2. The van der Waals surface area contributed by atoms with Crippen molar-refractivity contribution >= 4 is 40.0 Å². The van der Waals surface area contributed by atoms with E-state index in [1.165, 1.54) is 23.1 Å². The standard InChI is InChI=1S/C26H30N4O5S2/c1-5-13-30-23(16-11-12-18(33-3)19(14-16)34-4)28-29-26(30)36-15-21(31)27-24-22(25(32)35-6-2)17-9-7-8-10-20(17)37-24/h5,11-12,14H,1,6-10,13,15H2,2-4H3,(H,27,31). The van der Waals surface area contributed by atoms with E-state index in [1.807, 2.05) is 22.8 Å². The van der Waals surface area contributed by atoms with Gasteiger partial charge in [0.15, 0.2) is 22.5 Å². The topological polar surface area (TPSA) is 105 Å². The fourth-order valence-electron chi connectivity index (χ4n) is 4.24. The lowest BCUT2D eigenvalue weighted by Crippen LogP contribution is -2.17. The number of carbonyl (C=O) groups is 2. The van der Waals surface area contributed by atoms with E-state index in [1.54, 1.807) is 27.2 Å². The second-order valence-corrected chi connectivity index (χ2v) is 10.3. The van der Waals surface area contributed by atoms with Crippen LogP contribution in [0.2, 0.25) is 0 Å². The van der Waals surface area contributed by atoms with Gasteiger partial charge in [0.2, 0.25) is 5.91 Å². The van der Waals surface area contributed by atoms with Crippen LogP contribution in [0.4, 0.5) is 5.00 Å². The Balaban J connectivity index is 1.52. The van der Waals surface area contributed by atoms with Crippen molar-refractivity contribution in [2.24, 2.45) is 0 Å². The van der Waals surface area contributed by atoms with Gasteiger partial charge in [0.05, 0.1) is 32.1 Å². The number of anilines is 1. The molecule has 37 heavy (non-hydrogen) atoms. The van der Waals surface area contributed by atoms with E-state index in [4.69, 9.17) is 14.2 Å². The Labute approximate surface area is 224 Å². The first kappa shape index (κ1) is 26.7. The van der Waals surface area contributed by atoms with E-state index >= 15 is 0 Å². The van der Waals surface area contributed by atoms with Crippen molar-refractivity contribution in [3.63, 3.8) is 0 Å². The zero-order chi connectivity index (χ0) is 26.4. The highest BCUT2D eigenvalue weighted by Crippen LogP contribution is 2.39. The number of rotatable bonds is 11. The lowest BCUT2D eigenvalue weighted by Gasteiger charge is -2.12. The van der Waals surface area contributed by atoms with Crippen LogP contribution in [0.5, 0.6) is 11.5 Å². The van der Waals surface area contributed by atoms with Crippen LogP contribution in [-0.2, 0) is 28.9 Å². The molecule has 1 aliphatic rings. The van der Waals surface area contributed by atoms with Gasteiger partial charge >= 0.3 is 5.97 Å². The first-order valence-electron chi connectivity index (χ1n) is 12.0. The van der Waals surface area contributed by atoms with Gasteiger partial charge in [0.25, 0.3) is 0 Å². The van der Waals surface area contributed by atoms with Crippen LogP contribution in [0.1, 0.15) is 40.6 Å². The molecule has 1 amide bonds. The predicted octanol–water partition coefficient (Wildman–Crippen LogP) is 5.00. The molecule has 2 aromatic heterocycles. The van der Waals surface area contributed by atoms with Gasteiger partial charge in [-0.2, -0.15) is 0 Å². The number of aryl methyl sites for hydroxylation is 1. The molecule has 1 aromatic carbocycles. The maximum absolute atomic E-state index is 12.9. The monoisotopic (exact) mass is 542 g/mol. The summed E-state index contributed by atoms with van der Waals surface area (Å²) in [6, 6.07) is 5.52. The molecule has 1 aliphatic carbocycles. The van der Waals surface area contributed by atoms with E-state index in [0.29, 0.717) is 39.6 Å². The van der Waals surface area contributed by atoms with Crippen LogP contribution >= 0.6 is 23.1 Å². The molecular weight excluding hydrogens is 512 g/mol. The van der Waals surface area contributed by atoms with Gasteiger partial charge in [-0.1, -0.05) is 17.8 Å². The average Bonchev–Trinajstić information content (AvgIpc) is 3.48. The maximum atomic E-state index is 12.9. The van der Waals surface area contributed by atoms with E-state index in [9.17, 15) is 9.59 Å². The predicted molar refractivity (Wildman–Crippen MR) is 145 cm³/mol. The number of thioether (sulfide) groups is 1. The van der Waals surface area contributed by atoms with Crippen molar-refractivity contribution in [2.75, 3.05) is 31.9 Å². The molecule has 3 aromatic rings. The lowest BCUT2D eigenvalue weighted by molar-refractivity contribution is -0.113. The molecule has 11 heteroatoms. The molecule has 0 aliphatic heterocycles. The van der Waals surface area contributed by atoms with Crippen molar-refractivity contribution in [3.05, 3.63) is 46.9 Å². The molecule has 0 fully saturated rings. The number of nitrogens with one attached hydrogen (secondary N) is 1. The number of hydrogen-bond acceptors (Lipinski definition) is 9. The Kier molecular flexibility index (Phi) is 8.88. The Hall–Kier alpha value is -3.31. The van der Waals surface area contributed by atoms with Crippen LogP contribution in [-0.4, -0.2) is 53.2 Å². The summed E-state index contributed by atoms with van der Waals surface area (Å²) in [7, 11) is 3.16. The SMILES string of the molecule is C=CCn1c(SCC(=O)Nc2sc3c(c2C(=O)OCC)CCCC3)nnc1-c1ccc(OC)c(OC)c1. The van der Waals surface area contributed by atoms with E-state index in [2.05, 4.69) is 22.1 Å². The van der Waals surface area contributed by atoms with Crippen molar-refractivity contribution < 1.29 is 23.8 Å². The van der Waals surface area contributed by atoms with Gasteiger partial charge < -0.3 is 19.5 Å². The number of hydrogen-bond donors (Lipinski definition) is 1. The average molecular weight is 543 g/mol. The highest BCUT2D eigenvalue weighted by molar-refractivity contribution is 7.99. The number of allylic oxidation sites excluding steroid dienone is 1. The molecule has 0 saturated carbocycles. The van der Waals surface area contributed by atoms with Gasteiger partial charge in [0, 0.05) is 17.0 Å². The van der Waals surface area contributed by atoms with Crippen LogP contribution < -0.4 is 14.8 Å². The fraction of sp³-hybridized carbons (Fsp3) is 0.385. The Morgan fingerprint density at radius 2 is 1.97 bits per heavy atom. The number of amides is 1. The summed E-state index contributed by atoms with van der Waals surface area (Å²) in [6.07, 6.45) is 5.61. The number of fused-ring (bicyclic) bond motifs is 1. The molecule has 0 unspecified atom stereocenters. The number of ether oxygens (including phenoxy) is 3. The van der Waals surface area contributed by atoms with Crippen molar-refractivity contribution in [2.45, 2.75) is 44.3 Å². The zero-order valence-electron chi connectivity index (χ0n) is 21.2. The maximum Gasteiger partial charge on any atom is 0.341 e. The van der Waals surface area contributed by atoms with Crippen molar-refractivity contribution in [1.29, 1.82) is 0 Å². The molecule has 0 spiro atoms. The number of esters is 1. The van der Waals surface area contributed by atoms with Gasteiger partial charge in [-0.05, 0) is 56.4 Å². The van der Waals surface area contributed by atoms with Crippen molar-refractivity contribution in [1.82, 2.24) is 14.8 Å². The minimum absolute atomic E-state index is 0.103. The molecule has 9 nitrogen and oxygen atoms in total. The summed E-state index contributed by atoms with van der Waals surface area (Å²) in [5.41, 5.74) is 2.32. The fourth-order valence-corrected chi connectivity index (χ4v) is 6.29. The van der Waals surface area contributed by atoms with Gasteiger partial charge in [-0.3, -0.25) is 9.36 Å². The second kappa shape index (κ2) is 12.3. The molecule has 2 heterocycles. The third kappa shape index (κ3) is 5.83. The zero-order valence-corrected chi connectivity index (χ0v) is 22.8. The molecule has 0 saturated heterocycles. The summed E-state index contributed by atoms with van der Waals surface area (Å²) in [5, 5.41) is 12.8. The number of aromatic nitrogens is 3. The van der Waals surface area contributed by atoms with Crippen LogP contribution in [0.25, 0.3) is 11.4 Å². The minimum Gasteiger partial charge on any atom is -0.493 e. The summed E-state index contributed by atoms with van der Waals surface area (Å²) >= 11 is 2.74. The number of benzene rings is 1. The third-order valence-electron chi connectivity index (χ3n) is 5.91. The van der Waals surface area contributed by atoms with Crippen molar-refractivity contribution in [3.8, 4) is 22.9 Å². The molecule has 4 rings (SSSR count). The van der Waals surface area contributed by atoms with Gasteiger partial charge in [-0.15, -0.1) is 28.1 Å². The number of nitrogens with zero attached hydrogens (tertiary/aromatic N) is 3.